The summed E-state index contributed by atoms with van der Waals surface area (Å²) < 4.78 is 10.8. The van der Waals surface area contributed by atoms with Gasteiger partial charge in [-0.05, 0) is 65.2 Å². The molecule has 0 bridgehead atoms. The highest BCUT2D eigenvalue weighted by Gasteiger charge is 2.24. The first-order valence-electron chi connectivity index (χ1n) is 11.6. The van der Waals surface area contributed by atoms with Gasteiger partial charge in [0.05, 0.1) is 13.7 Å². The Morgan fingerprint density at radius 1 is 1.00 bits per heavy atom. The average Bonchev–Trinajstić information content (AvgIpc) is 3.23. The SMILES string of the molecule is CCOC(=O)c1c(/N=C/c2c(O)ccc3ccccc23)sc(C)c1-c1ccc2cc(OC)ccc2c1. The first kappa shape index (κ1) is 23.6. The molecule has 1 N–H and O–H groups in total. The van der Waals surface area contributed by atoms with Crippen molar-refractivity contribution >= 4 is 50.1 Å². The molecular weight excluding hydrogens is 470 g/mol. The van der Waals surface area contributed by atoms with Gasteiger partial charge in [0.25, 0.3) is 0 Å². The standard InChI is InChI=1S/C30H25NO4S/c1-4-35-30(33)28-27(22-10-9-21-16-23(34-3)13-11-20(21)15-22)18(2)36-29(28)31-17-25-24-8-6-5-7-19(24)12-14-26(25)32/h5-17,32H,4H2,1-3H3/b31-17+. The number of fused-ring (bicyclic) bond motifs is 2. The zero-order chi connectivity index (χ0) is 25.2. The minimum absolute atomic E-state index is 0.133. The summed E-state index contributed by atoms with van der Waals surface area (Å²) in [6.45, 7) is 4.03. The summed E-state index contributed by atoms with van der Waals surface area (Å²) in [6.07, 6.45) is 1.63. The maximum atomic E-state index is 13.2. The molecule has 36 heavy (non-hydrogen) atoms. The summed E-state index contributed by atoms with van der Waals surface area (Å²) >= 11 is 1.43. The van der Waals surface area contributed by atoms with Crippen LogP contribution in [0.25, 0.3) is 32.7 Å². The fourth-order valence-corrected chi connectivity index (χ4v) is 5.42. The topological polar surface area (TPSA) is 68.1 Å². The summed E-state index contributed by atoms with van der Waals surface area (Å²) in [5.41, 5.74) is 2.77. The Kier molecular flexibility index (Phi) is 6.44. The number of phenols is 1. The van der Waals surface area contributed by atoms with Gasteiger partial charge in [-0.25, -0.2) is 9.79 Å². The molecule has 0 spiro atoms. The number of benzene rings is 4. The molecule has 0 saturated heterocycles. The molecule has 5 nitrogen and oxygen atoms in total. The van der Waals surface area contributed by atoms with Crippen molar-refractivity contribution in [3.8, 4) is 22.6 Å². The van der Waals surface area contributed by atoms with Crippen LogP contribution in [0.2, 0.25) is 0 Å². The van der Waals surface area contributed by atoms with Crippen LogP contribution in [-0.4, -0.2) is 31.0 Å². The number of hydrogen-bond donors (Lipinski definition) is 1. The van der Waals surface area contributed by atoms with Gasteiger partial charge < -0.3 is 14.6 Å². The van der Waals surface area contributed by atoms with Gasteiger partial charge >= 0.3 is 5.97 Å². The lowest BCUT2D eigenvalue weighted by molar-refractivity contribution is 0.0528. The average molecular weight is 496 g/mol. The maximum absolute atomic E-state index is 13.2. The molecule has 0 aliphatic rings. The second kappa shape index (κ2) is 9.84. The van der Waals surface area contributed by atoms with Crippen LogP contribution in [0.5, 0.6) is 11.5 Å². The zero-order valence-electron chi connectivity index (χ0n) is 20.2. The fraction of sp³-hybridized carbons (Fsp3) is 0.133. The number of carbonyl (C=O) groups is 1. The van der Waals surface area contributed by atoms with E-state index in [1.807, 2.05) is 67.6 Å². The van der Waals surface area contributed by atoms with Crippen LogP contribution in [0.15, 0.2) is 77.8 Å². The Morgan fingerprint density at radius 3 is 2.56 bits per heavy atom. The van der Waals surface area contributed by atoms with E-state index in [2.05, 4.69) is 6.07 Å². The minimum atomic E-state index is -0.416. The van der Waals surface area contributed by atoms with Crippen molar-refractivity contribution in [3.63, 3.8) is 0 Å². The highest BCUT2D eigenvalue weighted by Crippen LogP contribution is 2.43. The van der Waals surface area contributed by atoms with Crippen molar-refractivity contribution in [1.29, 1.82) is 0 Å². The van der Waals surface area contributed by atoms with E-state index in [4.69, 9.17) is 14.5 Å². The van der Waals surface area contributed by atoms with Gasteiger partial charge in [-0.15, -0.1) is 11.3 Å². The molecule has 180 valence electrons. The number of esters is 1. The molecule has 5 rings (SSSR count). The van der Waals surface area contributed by atoms with Gasteiger partial charge in [-0.1, -0.05) is 48.5 Å². The second-order valence-electron chi connectivity index (χ2n) is 8.34. The van der Waals surface area contributed by atoms with E-state index in [-0.39, 0.29) is 12.4 Å². The number of phenolic OH excluding ortho intramolecular Hbond substituents is 1. The van der Waals surface area contributed by atoms with Crippen LogP contribution in [0.4, 0.5) is 5.00 Å². The third-order valence-corrected chi connectivity index (χ3v) is 7.15. The highest BCUT2D eigenvalue weighted by molar-refractivity contribution is 7.16. The molecule has 5 aromatic rings. The first-order valence-corrected chi connectivity index (χ1v) is 12.4. The summed E-state index contributed by atoms with van der Waals surface area (Å²) in [4.78, 5) is 18.8. The Labute approximate surface area is 213 Å². The lowest BCUT2D eigenvalue weighted by Gasteiger charge is -2.09. The smallest absolute Gasteiger partial charge is 0.341 e. The summed E-state index contributed by atoms with van der Waals surface area (Å²) in [5.74, 6) is 0.511. The van der Waals surface area contributed by atoms with Gasteiger partial charge in [0.15, 0.2) is 0 Å². The molecule has 0 radical (unpaired) electrons. The van der Waals surface area contributed by atoms with E-state index in [1.54, 1.807) is 26.3 Å². The predicted molar refractivity (Wildman–Crippen MR) is 147 cm³/mol. The summed E-state index contributed by atoms with van der Waals surface area (Å²) in [6, 6.07) is 23.3. The van der Waals surface area contributed by atoms with Gasteiger partial charge in [-0.2, -0.15) is 0 Å². The van der Waals surface area contributed by atoms with E-state index in [1.165, 1.54) is 11.3 Å². The number of thiophene rings is 1. The van der Waals surface area contributed by atoms with Crippen LogP contribution in [-0.2, 0) is 4.74 Å². The molecule has 0 atom stereocenters. The largest absolute Gasteiger partial charge is 0.507 e. The third kappa shape index (κ3) is 4.32. The predicted octanol–water partition coefficient (Wildman–Crippen LogP) is 7.67. The molecule has 0 fully saturated rings. The lowest BCUT2D eigenvalue weighted by atomic mass is 9.98. The van der Waals surface area contributed by atoms with Crippen molar-refractivity contribution < 1.29 is 19.4 Å². The van der Waals surface area contributed by atoms with Crippen LogP contribution < -0.4 is 4.74 Å². The van der Waals surface area contributed by atoms with Gasteiger partial charge in [0.2, 0.25) is 0 Å². The Bertz CT molecular complexity index is 1630. The summed E-state index contributed by atoms with van der Waals surface area (Å²) in [7, 11) is 1.65. The van der Waals surface area contributed by atoms with E-state index in [9.17, 15) is 9.90 Å². The minimum Gasteiger partial charge on any atom is -0.507 e. The van der Waals surface area contributed by atoms with Gasteiger partial charge in [-0.3, -0.25) is 0 Å². The molecule has 0 amide bonds. The molecule has 0 saturated carbocycles. The number of aromatic hydroxyl groups is 1. The number of nitrogens with zero attached hydrogens (tertiary/aromatic N) is 1. The normalized spacial score (nSPS) is 11.4. The number of rotatable bonds is 6. The first-order chi connectivity index (χ1) is 17.5. The number of ether oxygens (including phenoxy) is 2. The number of aryl methyl sites for hydroxylation is 1. The van der Waals surface area contributed by atoms with Crippen LogP contribution in [0.1, 0.15) is 27.7 Å². The van der Waals surface area contributed by atoms with E-state index in [0.717, 1.165) is 43.3 Å². The van der Waals surface area contributed by atoms with Crippen molar-refractivity contribution in [1.82, 2.24) is 0 Å². The molecule has 0 aliphatic carbocycles. The zero-order valence-corrected chi connectivity index (χ0v) is 21.1. The molecular formula is C30H25NO4S. The fourth-order valence-electron chi connectivity index (χ4n) is 4.41. The molecule has 1 heterocycles. The van der Waals surface area contributed by atoms with Crippen molar-refractivity contribution in [2.75, 3.05) is 13.7 Å². The number of carbonyl (C=O) groups excluding carboxylic acids is 1. The van der Waals surface area contributed by atoms with Crippen molar-refractivity contribution in [2.45, 2.75) is 13.8 Å². The number of methoxy groups -OCH3 is 1. The van der Waals surface area contributed by atoms with Gasteiger partial charge in [0, 0.05) is 22.2 Å². The van der Waals surface area contributed by atoms with E-state index >= 15 is 0 Å². The Morgan fingerprint density at radius 2 is 1.75 bits per heavy atom. The van der Waals surface area contributed by atoms with Crippen molar-refractivity contribution in [3.05, 3.63) is 88.8 Å². The van der Waals surface area contributed by atoms with Gasteiger partial charge in [0.1, 0.15) is 22.1 Å². The number of hydrogen-bond acceptors (Lipinski definition) is 6. The van der Waals surface area contributed by atoms with Crippen molar-refractivity contribution in [2.24, 2.45) is 4.99 Å². The third-order valence-electron chi connectivity index (χ3n) is 6.14. The quantitative estimate of drug-likeness (QED) is 0.194. The Balaban J connectivity index is 1.65. The molecule has 6 heteroatoms. The Hall–Kier alpha value is -4.16. The molecule has 0 unspecified atom stereocenters. The highest BCUT2D eigenvalue weighted by atomic mass is 32.1. The van der Waals surface area contributed by atoms with E-state index in [0.29, 0.717) is 16.1 Å². The second-order valence-corrected chi connectivity index (χ2v) is 9.54. The van der Waals surface area contributed by atoms with Crippen LogP contribution >= 0.6 is 11.3 Å². The monoisotopic (exact) mass is 495 g/mol. The molecule has 4 aromatic carbocycles. The lowest BCUT2D eigenvalue weighted by Crippen LogP contribution is -2.05. The van der Waals surface area contributed by atoms with Crippen LogP contribution in [0.3, 0.4) is 0 Å². The molecule has 1 aromatic heterocycles. The maximum Gasteiger partial charge on any atom is 0.341 e. The van der Waals surface area contributed by atoms with Crippen LogP contribution in [0, 0.1) is 6.92 Å². The molecule has 0 aliphatic heterocycles. The van der Waals surface area contributed by atoms with E-state index < -0.39 is 5.97 Å². The number of aliphatic imine (C=N–C) groups is 1. The summed E-state index contributed by atoms with van der Waals surface area (Å²) in [5, 5.41) is 15.1.